The van der Waals surface area contributed by atoms with Gasteiger partial charge in [0.1, 0.15) is 0 Å². The standard InChI is InChI=1S/C65H43N3/c1-5-18-44(19-6-1)51-36-52(45-20-7-2-8-21-45)39-55(38-51)68-63-31-16-14-29-57(63)59-35-33-50(43-65(59)68)49-32-34-58-56-28-13-15-30-62(56)67(64(58)42-49)54-27-17-26-48(37-54)53-40-60(46-22-9-3-10-23-46)66-61(41-53)47-24-11-4-12-25-47/h1-43H. The van der Waals surface area contributed by atoms with Crippen molar-refractivity contribution in [2.75, 3.05) is 0 Å². The summed E-state index contributed by atoms with van der Waals surface area (Å²) < 4.78 is 4.89. The largest absolute Gasteiger partial charge is 0.309 e. The fraction of sp³-hybridized carbons (Fsp3) is 0. The molecule has 3 aromatic heterocycles. The van der Waals surface area contributed by atoms with Crippen molar-refractivity contribution in [2.45, 2.75) is 0 Å². The van der Waals surface area contributed by atoms with Crippen molar-refractivity contribution >= 4 is 43.6 Å². The molecule has 0 spiro atoms. The molecule has 3 nitrogen and oxygen atoms in total. The first kappa shape index (κ1) is 39.3. The van der Waals surface area contributed by atoms with Crippen LogP contribution in [0.3, 0.4) is 0 Å². The van der Waals surface area contributed by atoms with Gasteiger partial charge in [0.15, 0.2) is 0 Å². The Hall–Kier alpha value is -9.05. The van der Waals surface area contributed by atoms with Crippen molar-refractivity contribution in [1.82, 2.24) is 14.1 Å². The zero-order chi connectivity index (χ0) is 45.0. The fourth-order valence-corrected chi connectivity index (χ4v) is 10.2. The Morgan fingerprint density at radius 1 is 0.206 bits per heavy atom. The molecule has 0 saturated heterocycles. The summed E-state index contributed by atoms with van der Waals surface area (Å²) in [6.07, 6.45) is 0. The van der Waals surface area contributed by atoms with E-state index in [1.165, 1.54) is 60.3 Å². The van der Waals surface area contributed by atoms with Crippen LogP contribution in [0, 0.1) is 0 Å². The van der Waals surface area contributed by atoms with Gasteiger partial charge in [0, 0.05) is 44.0 Å². The lowest BCUT2D eigenvalue weighted by molar-refractivity contribution is 1.18. The first-order chi connectivity index (χ1) is 33.7. The molecule has 0 saturated carbocycles. The minimum Gasteiger partial charge on any atom is -0.309 e. The topological polar surface area (TPSA) is 22.8 Å². The van der Waals surface area contributed by atoms with Crippen LogP contribution in [0.2, 0.25) is 0 Å². The summed E-state index contributed by atoms with van der Waals surface area (Å²) >= 11 is 0. The molecule has 318 valence electrons. The minimum absolute atomic E-state index is 0.949. The number of para-hydroxylation sites is 2. The first-order valence-electron chi connectivity index (χ1n) is 23.3. The molecule has 0 amide bonds. The molecule has 0 fully saturated rings. The number of pyridine rings is 1. The van der Waals surface area contributed by atoms with Gasteiger partial charge in [0.2, 0.25) is 0 Å². The molecule has 0 atom stereocenters. The zero-order valence-corrected chi connectivity index (χ0v) is 37.2. The van der Waals surface area contributed by atoms with Crippen LogP contribution in [0.5, 0.6) is 0 Å². The lowest BCUT2D eigenvalue weighted by Gasteiger charge is -2.15. The Kier molecular flexibility index (Phi) is 9.50. The average Bonchev–Trinajstić information content (AvgIpc) is 3.94. The van der Waals surface area contributed by atoms with Crippen molar-refractivity contribution in [1.29, 1.82) is 0 Å². The lowest BCUT2D eigenvalue weighted by atomic mass is 9.98. The van der Waals surface area contributed by atoms with Gasteiger partial charge in [0.25, 0.3) is 0 Å². The highest BCUT2D eigenvalue weighted by Crippen LogP contribution is 2.41. The molecule has 3 heteroatoms. The van der Waals surface area contributed by atoms with E-state index in [0.717, 1.165) is 61.7 Å². The summed E-state index contributed by atoms with van der Waals surface area (Å²) in [5.41, 5.74) is 20.3. The quantitative estimate of drug-likeness (QED) is 0.149. The summed E-state index contributed by atoms with van der Waals surface area (Å²) in [7, 11) is 0. The molecular weight excluding hydrogens is 823 g/mol. The van der Waals surface area contributed by atoms with E-state index in [2.05, 4.69) is 270 Å². The number of rotatable bonds is 8. The molecule has 10 aromatic carbocycles. The summed E-state index contributed by atoms with van der Waals surface area (Å²) in [5, 5.41) is 4.91. The van der Waals surface area contributed by atoms with E-state index < -0.39 is 0 Å². The summed E-state index contributed by atoms with van der Waals surface area (Å²) in [4.78, 5) is 5.17. The van der Waals surface area contributed by atoms with Crippen LogP contribution < -0.4 is 0 Å². The Morgan fingerprint density at radius 2 is 0.574 bits per heavy atom. The second-order valence-corrected chi connectivity index (χ2v) is 17.6. The number of hydrogen-bond acceptors (Lipinski definition) is 1. The molecule has 13 aromatic rings. The molecule has 0 radical (unpaired) electrons. The van der Waals surface area contributed by atoms with E-state index in [4.69, 9.17) is 4.98 Å². The van der Waals surface area contributed by atoms with E-state index in [9.17, 15) is 0 Å². The van der Waals surface area contributed by atoms with Gasteiger partial charge in [-0.25, -0.2) is 4.98 Å². The zero-order valence-electron chi connectivity index (χ0n) is 37.2. The van der Waals surface area contributed by atoms with E-state index in [1.54, 1.807) is 0 Å². The third-order valence-corrected chi connectivity index (χ3v) is 13.5. The van der Waals surface area contributed by atoms with Crippen LogP contribution in [0.15, 0.2) is 261 Å². The van der Waals surface area contributed by atoms with Gasteiger partial charge in [-0.3, -0.25) is 0 Å². The van der Waals surface area contributed by atoms with Crippen molar-refractivity contribution in [2.24, 2.45) is 0 Å². The molecule has 0 aliphatic carbocycles. The van der Waals surface area contributed by atoms with E-state index in [-0.39, 0.29) is 0 Å². The number of hydrogen-bond donors (Lipinski definition) is 0. The fourth-order valence-electron chi connectivity index (χ4n) is 10.2. The molecule has 0 bridgehead atoms. The molecule has 0 N–H and O–H groups in total. The van der Waals surface area contributed by atoms with Gasteiger partial charge < -0.3 is 9.13 Å². The molecule has 0 aliphatic heterocycles. The van der Waals surface area contributed by atoms with Crippen LogP contribution >= 0.6 is 0 Å². The van der Waals surface area contributed by atoms with Gasteiger partial charge in [-0.15, -0.1) is 0 Å². The van der Waals surface area contributed by atoms with Crippen LogP contribution in [-0.2, 0) is 0 Å². The SMILES string of the molecule is c1ccc(-c2cc(-c3ccccc3)cc(-n3c4ccccc4c4ccc(-c5ccc6c7ccccc7n(-c7cccc(-c8cc(-c9ccccc9)nc(-c9ccccc9)c8)c7)c6c5)cc43)c2)cc1. The first-order valence-corrected chi connectivity index (χ1v) is 23.3. The number of nitrogens with zero attached hydrogens (tertiary/aromatic N) is 3. The predicted octanol–water partition coefficient (Wildman–Crippen LogP) is 17.3. The van der Waals surface area contributed by atoms with E-state index in [0.29, 0.717) is 0 Å². The number of fused-ring (bicyclic) bond motifs is 6. The van der Waals surface area contributed by atoms with E-state index >= 15 is 0 Å². The van der Waals surface area contributed by atoms with Crippen LogP contribution in [0.1, 0.15) is 0 Å². The molecule has 0 unspecified atom stereocenters. The Morgan fingerprint density at radius 3 is 1.07 bits per heavy atom. The van der Waals surface area contributed by atoms with Crippen molar-refractivity contribution in [3.05, 3.63) is 261 Å². The number of aromatic nitrogens is 3. The molecule has 3 heterocycles. The van der Waals surface area contributed by atoms with Crippen LogP contribution in [0.25, 0.3) is 122 Å². The smallest absolute Gasteiger partial charge is 0.0715 e. The second kappa shape index (κ2) is 16.4. The Bertz CT molecular complexity index is 3880. The highest BCUT2D eigenvalue weighted by atomic mass is 15.0. The van der Waals surface area contributed by atoms with Crippen LogP contribution in [-0.4, -0.2) is 14.1 Å². The van der Waals surface area contributed by atoms with Crippen molar-refractivity contribution < 1.29 is 0 Å². The highest BCUT2D eigenvalue weighted by Gasteiger charge is 2.18. The summed E-state index contributed by atoms with van der Waals surface area (Å²) in [5.74, 6) is 0. The van der Waals surface area contributed by atoms with Crippen molar-refractivity contribution in [3.8, 4) is 78.4 Å². The predicted molar refractivity (Wildman–Crippen MR) is 286 cm³/mol. The highest BCUT2D eigenvalue weighted by molar-refractivity contribution is 6.12. The van der Waals surface area contributed by atoms with E-state index in [1.807, 2.05) is 0 Å². The average molecular weight is 866 g/mol. The Labute approximate surface area is 395 Å². The molecule has 13 rings (SSSR count). The Balaban J connectivity index is 0.976. The van der Waals surface area contributed by atoms with Gasteiger partial charge in [-0.2, -0.15) is 0 Å². The normalized spacial score (nSPS) is 11.5. The molecule has 0 aliphatic rings. The molecule has 68 heavy (non-hydrogen) atoms. The summed E-state index contributed by atoms with van der Waals surface area (Å²) in [6.45, 7) is 0. The van der Waals surface area contributed by atoms with Crippen LogP contribution in [0.4, 0.5) is 0 Å². The van der Waals surface area contributed by atoms with Gasteiger partial charge in [0.05, 0.1) is 33.5 Å². The number of benzene rings is 10. The third kappa shape index (κ3) is 6.88. The second-order valence-electron chi connectivity index (χ2n) is 17.6. The monoisotopic (exact) mass is 865 g/mol. The summed E-state index contributed by atoms with van der Waals surface area (Å²) in [6, 6.07) is 94.4. The van der Waals surface area contributed by atoms with Gasteiger partial charge in [-0.05, 0) is 111 Å². The lowest BCUT2D eigenvalue weighted by Crippen LogP contribution is -1.96. The third-order valence-electron chi connectivity index (χ3n) is 13.5. The van der Waals surface area contributed by atoms with Gasteiger partial charge >= 0.3 is 0 Å². The van der Waals surface area contributed by atoms with Crippen molar-refractivity contribution in [3.63, 3.8) is 0 Å². The maximum absolute atomic E-state index is 5.17. The maximum atomic E-state index is 5.17. The van der Waals surface area contributed by atoms with Gasteiger partial charge in [-0.1, -0.05) is 194 Å². The molecular formula is C65H43N3. The minimum atomic E-state index is 0.949. The maximum Gasteiger partial charge on any atom is 0.0715 e.